The Morgan fingerprint density at radius 1 is 0.926 bits per heavy atom. The number of unbranched alkanes of at least 4 members (excludes halogenated alkanes) is 10. The van der Waals surface area contributed by atoms with Crippen LogP contribution in [0.4, 0.5) is 5.69 Å². The molecule has 0 aromatic heterocycles. The number of hydrogen-bond acceptors (Lipinski definition) is 2. The third kappa shape index (κ3) is 11.5. The van der Waals surface area contributed by atoms with Gasteiger partial charge in [0, 0.05) is 12.2 Å². The SMILES string of the molecule is CCCCCCCCCCC/C=C/CCCNc1ccc(C(=O)O)cc1C. The van der Waals surface area contributed by atoms with Crippen molar-refractivity contribution in [2.75, 3.05) is 11.9 Å². The number of aryl methyl sites for hydroxylation is 1. The number of carboxylic acids is 1. The molecule has 152 valence electrons. The molecule has 0 amide bonds. The van der Waals surface area contributed by atoms with Crippen LogP contribution in [0.25, 0.3) is 0 Å². The minimum atomic E-state index is -0.873. The summed E-state index contributed by atoms with van der Waals surface area (Å²) >= 11 is 0. The van der Waals surface area contributed by atoms with Crippen LogP contribution in [-0.2, 0) is 0 Å². The van der Waals surface area contributed by atoms with Gasteiger partial charge in [-0.25, -0.2) is 4.79 Å². The van der Waals surface area contributed by atoms with Gasteiger partial charge in [-0.1, -0.05) is 70.4 Å². The maximum atomic E-state index is 10.9. The van der Waals surface area contributed by atoms with Crippen LogP contribution in [0.3, 0.4) is 0 Å². The third-order valence-corrected chi connectivity index (χ3v) is 4.98. The highest BCUT2D eigenvalue weighted by Crippen LogP contribution is 2.17. The lowest BCUT2D eigenvalue weighted by atomic mass is 10.1. The molecule has 0 aliphatic heterocycles. The average molecular weight is 374 g/mol. The van der Waals surface area contributed by atoms with Gasteiger partial charge in [-0.15, -0.1) is 0 Å². The minimum absolute atomic E-state index is 0.345. The Morgan fingerprint density at radius 2 is 1.52 bits per heavy atom. The van der Waals surface area contributed by atoms with E-state index in [-0.39, 0.29) is 0 Å². The molecule has 0 unspecified atom stereocenters. The first-order chi connectivity index (χ1) is 13.1. The van der Waals surface area contributed by atoms with Crippen molar-refractivity contribution in [2.24, 2.45) is 0 Å². The fourth-order valence-electron chi connectivity index (χ4n) is 3.25. The molecule has 0 heterocycles. The summed E-state index contributed by atoms with van der Waals surface area (Å²) in [5.74, 6) is -0.873. The second kappa shape index (κ2) is 15.3. The summed E-state index contributed by atoms with van der Waals surface area (Å²) in [5.41, 5.74) is 2.35. The molecule has 0 saturated carbocycles. The molecule has 0 radical (unpaired) electrons. The Bertz CT molecular complexity index is 551. The normalized spacial score (nSPS) is 11.2. The van der Waals surface area contributed by atoms with E-state index >= 15 is 0 Å². The van der Waals surface area contributed by atoms with Crippen LogP contribution in [-0.4, -0.2) is 17.6 Å². The number of rotatable bonds is 16. The van der Waals surface area contributed by atoms with Crippen molar-refractivity contribution in [3.63, 3.8) is 0 Å². The quantitative estimate of drug-likeness (QED) is 0.235. The van der Waals surface area contributed by atoms with Crippen LogP contribution in [0.2, 0.25) is 0 Å². The van der Waals surface area contributed by atoms with Gasteiger partial charge in [0.2, 0.25) is 0 Å². The molecule has 0 bridgehead atoms. The van der Waals surface area contributed by atoms with Gasteiger partial charge in [0.25, 0.3) is 0 Å². The van der Waals surface area contributed by atoms with E-state index in [4.69, 9.17) is 5.11 Å². The lowest BCUT2D eigenvalue weighted by Gasteiger charge is -2.09. The van der Waals surface area contributed by atoms with Crippen molar-refractivity contribution in [1.82, 2.24) is 0 Å². The first-order valence-corrected chi connectivity index (χ1v) is 10.9. The number of hydrogen-bond donors (Lipinski definition) is 2. The van der Waals surface area contributed by atoms with Crippen LogP contribution in [0.1, 0.15) is 99.9 Å². The second-order valence-corrected chi connectivity index (χ2v) is 7.49. The number of aromatic carboxylic acids is 1. The summed E-state index contributed by atoms with van der Waals surface area (Å²) in [6.07, 6.45) is 20.5. The van der Waals surface area contributed by atoms with Crippen molar-refractivity contribution >= 4 is 11.7 Å². The number of benzene rings is 1. The highest BCUT2D eigenvalue weighted by atomic mass is 16.4. The summed E-state index contributed by atoms with van der Waals surface area (Å²) in [6, 6.07) is 5.23. The van der Waals surface area contributed by atoms with Gasteiger partial charge in [0.1, 0.15) is 0 Å². The molecular formula is C24H39NO2. The average Bonchev–Trinajstić information content (AvgIpc) is 2.65. The summed E-state index contributed by atoms with van der Waals surface area (Å²) in [6.45, 7) is 5.13. The number of allylic oxidation sites excluding steroid dienone is 2. The van der Waals surface area contributed by atoms with E-state index < -0.39 is 5.97 Å². The molecular weight excluding hydrogens is 334 g/mol. The number of anilines is 1. The minimum Gasteiger partial charge on any atom is -0.478 e. The van der Waals surface area contributed by atoms with E-state index in [1.54, 1.807) is 12.1 Å². The van der Waals surface area contributed by atoms with E-state index in [0.29, 0.717) is 5.56 Å². The van der Waals surface area contributed by atoms with E-state index in [1.807, 2.05) is 13.0 Å². The predicted molar refractivity (Wildman–Crippen MR) is 117 cm³/mol. The van der Waals surface area contributed by atoms with Gasteiger partial charge in [-0.2, -0.15) is 0 Å². The maximum absolute atomic E-state index is 10.9. The van der Waals surface area contributed by atoms with Gasteiger partial charge in [-0.05, 0) is 56.4 Å². The molecule has 0 aliphatic carbocycles. The fourth-order valence-corrected chi connectivity index (χ4v) is 3.25. The molecule has 0 fully saturated rings. The second-order valence-electron chi connectivity index (χ2n) is 7.49. The van der Waals surface area contributed by atoms with Gasteiger partial charge in [-0.3, -0.25) is 0 Å². The topological polar surface area (TPSA) is 49.3 Å². The molecule has 0 aliphatic rings. The number of nitrogens with one attached hydrogen (secondary N) is 1. The smallest absolute Gasteiger partial charge is 0.335 e. The summed E-state index contributed by atoms with van der Waals surface area (Å²) < 4.78 is 0. The van der Waals surface area contributed by atoms with E-state index in [1.165, 1.54) is 64.2 Å². The van der Waals surface area contributed by atoms with Gasteiger partial charge < -0.3 is 10.4 Å². The molecule has 0 saturated heterocycles. The van der Waals surface area contributed by atoms with Gasteiger partial charge in [0.05, 0.1) is 5.56 Å². The monoisotopic (exact) mass is 373 g/mol. The van der Waals surface area contributed by atoms with Crippen molar-refractivity contribution in [2.45, 2.75) is 90.9 Å². The largest absolute Gasteiger partial charge is 0.478 e. The van der Waals surface area contributed by atoms with Gasteiger partial charge in [0.15, 0.2) is 0 Å². The van der Waals surface area contributed by atoms with E-state index in [0.717, 1.165) is 30.6 Å². The predicted octanol–water partition coefficient (Wildman–Crippen LogP) is 7.36. The third-order valence-electron chi connectivity index (χ3n) is 4.98. The van der Waals surface area contributed by atoms with Crippen molar-refractivity contribution in [3.8, 4) is 0 Å². The summed E-state index contributed by atoms with van der Waals surface area (Å²) in [7, 11) is 0. The van der Waals surface area contributed by atoms with Crippen LogP contribution >= 0.6 is 0 Å². The zero-order valence-corrected chi connectivity index (χ0v) is 17.4. The molecule has 1 aromatic rings. The number of carboxylic acid groups (broad SMARTS) is 1. The maximum Gasteiger partial charge on any atom is 0.335 e. The molecule has 3 nitrogen and oxygen atoms in total. The van der Waals surface area contributed by atoms with E-state index in [2.05, 4.69) is 24.4 Å². The van der Waals surface area contributed by atoms with Crippen LogP contribution in [0.15, 0.2) is 30.4 Å². The van der Waals surface area contributed by atoms with Crippen molar-refractivity contribution < 1.29 is 9.90 Å². The lowest BCUT2D eigenvalue weighted by Crippen LogP contribution is -2.04. The molecule has 0 atom stereocenters. The Morgan fingerprint density at radius 3 is 2.11 bits per heavy atom. The van der Waals surface area contributed by atoms with Gasteiger partial charge >= 0.3 is 5.97 Å². The molecule has 1 aromatic carbocycles. The Hall–Kier alpha value is -1.77. The van der Waals surface area contributed by atoms with Crippen LogP contribution in [0, 0.1) is 6.92 Å². The van der Waals surface area contributed by atoms with Crippen LogP contribution in [0.5, 0.6) is 0 Å². The Labute approximate surface area is 166 Å². The highest BCUT2D eigenvalue weighted by molar-refractivity contribution is 5.88. The molecule has 3 heteroatoms. The molecule has 0 spiro atoms. The highest BCUT2D eigenvalue weighted by Gasteiger charge is 2.04. The molecule has 1 rings (SSSR count). The molecule has 2 N–H and O–H groups in total. The zero-order valence-electron chi connectivity index (χ0n) is 17.4. The first-order valence-electron chi connectivity index (χ1n) is 10.9. The summed E-state index contributed by atoms with van der Waals surface area (Å²) in [4.78, 5) is 10.9. The van der Waals surface area contributed by atoms with Crippen molar-refractivity contribution in [1.29, 1.82) is 0 Å². The Kier molecular flexibility index (Phi) is 13.2. The first kappa shape index (κ1) is 23.3. The summed E-state index contributed by atoms with van der Waals surface area (Å²) in [5, 5.41) is 12.4. The standard InChI is InChI=1S/C24H39NO2/c1-3-4-5-6-7-8-9-10-11-12-13-14-15-16-19-25-23-18-17-22(24(26)27)20-21(23)2/h13-14,17-18,20,25H,3-12,15-16,19H2,1-2H3,(H,26,27)/b14-13+. The van der Waals surface area contributed by atoms with Crippen LogP contribution < -0.4 is 5.32 Å². The van der Waals surface area contributed by atoms with Crippen molar-refractivity contribution in [3.05, 3.63) is 41.5 Å². The lowest BCUT2D eigenvalue weighted by molar-refractivity contribution is 0.0697. The molecule has 27 heavy (non-hydrogen) atoms. The zero-order chi connectivity index (χ0) is 19.7. The number of carbonyl (C=O) groups is 1. The van der Waals surface area contributed by atoms with E-state index in [9.17, 15) is 4.79 Å². The Balaban J connectivity index is 1.97. The fraction of sp³-hybridized carbons (Fsp3) is 0.625.